The zero-order valence-electron chi connectivity index (χ0n) is 25.8. The Morgan fingerprint density at radius 2 is 1.89 bits per heavy atom. The molecular formula is C34H40ClFN6O2. The lowest BCUT2D eigenvalue weighted by Gasteiger charge is -2.47. The number of carbonyl (C=O) groups is 2. The van der Waals surface area contributed by atoms with Gasteiger partial charge in [-0.2, -0.15) is 5.21 Å². The van der Waals surface area contributed by atoms with Crippen LogP contribution in [-0.2, 0) is 11.2 Å². The Balaban J connectivity index is 1.28. The van der Waals surface area contributed by atoms with Crippen molar-refractivity contribution < 1.29 is 14.0 Å². The van der Waals surface area contributed by atoms with E-state index in [0.29, 0.717) is 35.0 Å². The van der Waals surface area contributed by atoms with Gasteiger partial charge in [-0.1, -0.05) is 75.2 Å². The number of aliphatic imine (C=N–C) groups is 1. The normalized spacial score (nSPS) is 25.8. The number of hydrogen-bond donors (Lipinski definition) is 1. The molecule has 3 unspecified atom stereocenters. The summed E-state index contributed by atoms with van der Waals surface area (Å²) in [5.41, 5.74) is 2.04. The van der Waals surface area contributed by atoms with Gasteiger partial charge in [0.2, 0.25) is 0 Å². The molecule has 1 aliphatic heterocycles. The average Bonchev–Trinajstić information content (AvgIpc) is 3.45. The van der Waals surface area contributed by atoms with Gasteiger partial charge in [0, 0.05) is 23.5 Å². The van der Waals surface area contributed by atoms with E-state index >= 15 is 0 Å². The number of rotatable bonds is 9. The Bertz CT molecular complexity index is 1560. The topological polar surface area (TPSA) is 104 Å². The van der Waals surface area contributed by atoms with Crippen molar-refractivity contribution >= 4 is 29.0 Å². The first kappa shape index (κ1) is 30.6. The lowest BCUT2D eigenvalue weighted by Crippen LogP contribution is -2.51. The molecule has 1 spiro atoms. The highest BCUT2D eigenvalue weighted by molar-refractivity contribution is 6.47. The molecule has 2 saturated carbocycles. The number of carbonyl (C=O) groups excluding carboxylic acids is 2. The second-order valence-corrected chi connectivity index (χ2v) is 14.2. The summed E-state index contributed by atoms with van der Waals surface area (Å²) in [6, 6.07) is 12.0. The summed E-state index contributed by atoms with van der Waals surface area (Å²) in [6.45, 7) is 8.95. The maximum atomic E-state index is 14.4. The molecule has 8 nitrogen and oxygen atoms in total. The summed E-state index contributed by atoms with van der Waals surface area (Å²) >= 11 is 6.15. The van der Waals surface area contributed by atoms with Crippen LogP contribution in [0.4, 0.5) is 4.39 Å². The summed E-state index contributed by atoms with van der Waals surface area (Å²) in [6.07, 6.45) is 6.54. The minimum Gasteiger partial charge on any atom is -0.305 e. The van der Waals surface area contributed by atoms with E-state index < -0.39 is 11.5 Å². The molecule has 3 aliphatic rings. The first-order valence-corrected chi connectivity index (χ1v) is 16.1. The van der Waals surface area contributed by atoms with E-state index in [1.54, 1.807) is 6.07 Å². The van der Waals surface area contributed by atoms with Crippen LogP contribution in [-0.4, -0.2) is 48.6 Å². The minimum atomic E-state index is -0.681. The number of nitrogens with zero attached hydrogens (tertiary/aromatic N) is 5. The first-order valence-electron chi connectivity index (χ1n) is 15.8. The van der Waals surface area contributed by atoms with Crippen LogP contribution in [0.1, 0.15) is 106 Å². The molecule has 2 fully saturated rings. The Kier molecular flexibility index (Phi) is 8.20. The van der Waals surface area contributed by atoms with E-state index in [4.69, 9.17) is 16.6 Å². The van der Waals surface area contributed by atoms with Crippen molar-refractivity contribution in [3.8, 4) is 0 Å². The lowest BCUT2D eigenvalue weighted by molar-refractivity contribution is -0.133. The van der Waals surface area contributed by atoms with Crippen LogP contribution in [0.2, 0.25) is 5.02 Å². The largest absolute Gasteiger partial charge is 0.305 e. The van der Waals surface area contributed by atoms with Crippen molar-refractivity contribution in [2.45, 2.75) is 90.8 Å². The highest BCUT2D eigenvalue weighted by Gasteiger charge is 2.52. The van der Waals surface area contributed by atoms with Crippen LogP contribution in [0.15, 0.2) is 47.5 Å². The second-order valence-electron chi connectivity index (χ2n) is 13.8. The smallest absolute Gasteiger partial charge is 0.275 e. The van der Waals surface area contributed by atoms with Gasteiger partial charge in [0.15, 0.2) is 11.6 Å². The van der Waals surface area contributed by atoms with E-state index in [1.165, 1.54) is 12.1 Å². The third-order valence-electron chi connectivity index (χ3n) is 9.94. The van der Waals surface area contributed by atoms with Gasteiger partial charge in [0.05, 0.1) is 11.1 Å². The number of nitrogens with one attached hydrogen (secondary N) is 1. The summed E-state index contributed by atoms with van der Waals surface area (Å²) in [7, 11) is 0. The molecule has 0 bridgehead atoms. The molecule has 232 valence electrons. The molecule has 1 amide bonds. The number of tetrazole rings is 1. The number of H-pyrrole nitrogens is 1. The molecule has 2 aliphatic carbocycles. The third-order valence-corrected chi connectivity index (χ3v) is 10.2. The molecule has 0 saturated heterocycles. The fourth-order valence-corrected chi connectivity index (χ4v) is 7.46. The molecule has 44 heavy (non-hydrogen) atoms. The molecule has 10 heteroatoms. The summed E-state index contributed by atoms with van der Waals surface area (Å²) in [5.74, 6) is 0.815. The van der Waals surface area contributed by atoms with E-state index in [1.807, 2.05) is 29.2 Å². The second kappa shape index (κ2) is 11.8. The van der Waals surface area contributed by atoms with Crippen LogP contribution in [0, 0.1) is 29.0 Å². The standard InChI is InChI=1S/C34H40ClFN6O2/c1-5-6-28(20-7-9-21(10-8-20)31(43)25-17-23(25)19-29-38-40-41-39-29)42-32(44)30(22-11-12-27(36)26(35)18-22)37-34(42)15-13-24(14-16-34)33(2,3)4/h7-12,18,23-25,28H,5-6,13-17,19H2,1-4H3,(H,38,39,40,41). The molecule has 2 heterocycles. The van der Waals surface area contributed by atoms with Gasteiger partial charge in [-0.25, -0.2) is 4.39 Å². The van der Waals surface area contributed by atoms with E-state index in [2.05, 4.69) is 48.3 Å². The number of aromatic nitrogens is 4. The number of Topliss-reactive ketones (excluding diaryl/α,β-unsaturated/α-hetero) is 1. The van der Waals surface area contributed by atoms with Gasteiger partial charge in [0.1, 0.15) is 17.2 Å². The number of ketones is 1. The first-order chi connectivity index (χ1) is 21.0. The van der Waals surface area contributed by atoms with Crippen LogP contribution in [0.25, 0.3) is 0 Å². The number of halogens is 2. The number of benzene rings is 2. The monoisotopic (exact) mass is 618 g/mol. The molecular weight excluding hydrogens is 579 g/mol. The van der Waals surface area contributed by atoms with Gasteiger partial charge in [0.25, 0.3) is 5.91 Å². The summed E-state index contributed by atoms with van der Waals surface area (Å²) < 4.78 is 14.1. The Morgan fingerprint density at radius 1 is 1.16 bits per heavy atom. The quantitative estimate of drug-likeness (QED) is 0.256. The van der Waals surface area contributed by atoms with Gasteiger partial charge >= 0.3 is 0 Å². The summed E-state index contributed by atoms with van der Waals surface area (Å²) in [4.78, 5) is 34.8. The highest BCUT2D eigenvalue weighted by Crippen LogP contribution is 2.50. The predicted molar refractivity (Wildman–Crippen MR) is 167 cm³/mol. The molecule has 2 aromatic carbocycles. The van der Waals surface area contributed by atoms with Crippen molar-refractivity contribution in [3.05, 3.63) is 75.8 Å². The number of amides is 1. The third kappa shape index (κ3) is 5.83. The van der Waals surface area contributed by atoms with Crippen molar-refractivity contribution in [2.24, 2.45) is 28.2 Å². The van der Waals surface area contributed by atoms with Crippen LogP contribution in [0.5, 0.6) is 0 Å². The van der Waals surface area contributed by atoms with Gasteiger partial charge < -0.3 is 4.90 Å². The van der Waals surface area contributed by atoms with E-state index in [-0.39, 0.29) is 40.0 Å². The van der Waals surface area contributed by atoms with Crippen molar-refractivity contribution in [1.82, 2.24) is 25.5 Å². The average molecular weight is 619 g/mol. The summed E-state index contributed by atoms with van der Waals surface area (Å²) in [5, 5.41) is 14.1. The Hall–Kier alpha value is -3.46. The zero-order chi connectivity index (χ0) is 31.2. The Morgan fingerprint density at radius 3 is 2.50 bits per heavy atom. The van der Waals surface area contributed by atoms with E-state index in [0.717, 1.165) is 50.5 Å². The highest BCUT2D eigenvalue weighted by atomic mass is 35.5. The molecule has 1 aromatic heterocycles. The van der Waals surface area contributed by atoms with Crippen molar-refractivity contribution in [1.29, 1.82) is 0 Å². The van der Waals surface area contributed by atoms with Crippen LogP contribution in [0.3, 0.4) is 0 Å². The molecule has 1 N–H and O–H groups in total. The molecule has 3 aromatic rings. The Labute approximate surface area is 262 Å². The van der Waals surface area contributed by atoms with Crippen LogP contribution >= 0.6 is 11.6 Å². The van der Waals surface area contributed by atoms with Crippen LogP contribution < -0.4 is 0 Å². The van der Waals surface area contributed by atoms with Gasteiger partial charge in [-0.15, -0.1) is 10.2 Å². The maximum Gasteiger partial charge on any atom is 0.275 e. The van der Waals surface area contributed by atoms with Crippen molar-refractivity contribution in [3.63, 3.8) is 0 Å². The van der Waals surface area contributed by atoms with Crippen molar-refractivity contribution in [2.75, 3.05) is 0 Å². The predicted octanol–water partition coefficient (Wildman–Crippen LogP) is 7.16. The number of aromatic amines is 1. The lowest BCUT2D eigenvalue weighted by atomic mass is 9.69. The SMILES string of the molecule is CCCC(c1ccc(C(=O)C2CC2Cc2nn[nH]n2)cc1)N1C(=O)C(c2ccc(F)c(Cl)c2)=NC12CCC(C(C)(C)C)CC2. The fourth-order valence-electron chi connectivity index (χ4n) is 7.27. The van der Waals surface area contributed by atoms with E-state index in [9.17, 15) is 14.0 Å². The molecule has 3 atom stereocenters. The molecule has 6 rings (SSSR count). The molecule has 0 radical (unpaired) electrons. The maximum absolute atomic E-state index is 14.4. The fraction of sp³-hybridized carbons (Fsp3) is 0.529. The zero-order valence-corrected chi connectivity index (χ0v) is 26.6. The van der Waals surface area contributed by atoms with Gasteiger partial charge in [-0.3, -0.25) is 14.6 Å². The van der Waals surface area contributed by atoms with Gasteiger partial charge in [-0.05, 0) is 79.5 Å². The number of hydrogen-bond acceptors (Lipinski definition) is 6. The minimum absolute atomic E-state index is 0.0255.